The molecule has 3 heterocycles. The number of ether oxygens (including phenoxy) is 1. The Balaban J connectivity index is 1.97. The molecule has 0 unspecified atom stereocenters. The van der Waals surface area contributed by atoms with Crippen LogP contribution in [0.1, 0.15) is 37.7 Å². The Kier molecular flexibility index (Phi) is 8.51. The first-order valence-corrected chi connectivity index (χ1v) is 11.3. The molecule has 3 rings (SSSR count). The molecule has 1 N–H and O–H groups in total. The fourth-order valence-electron chi connectivity index (χ4n) is 3.15. The minimum absolute atomic E-state index is 0.0135. The molecule has 0 aliphatic rings. The standard InChI is InChI=1S/C25H24ClF2N5O4/c1-5-7-30-21(33-14-29-12-17(23(33)34)25(3,4)36)6-8-32-15(2)9-20(22(26)24(32)35)37-13-19-18(28)10-16(27)11-31-19/h5-12,14,36H,13H2,1-4H3/b7-5+,8-6+,30-21-. The molecule has 0 fully saturated rings. The van der Waals surface area contributed by atoms with Gasteiger partial charge in [-0.15, -0.1) is 0 Å². The first-order chi connectivity index (χ1) is 17.4. The summed E-state index contributed by atoms with van der Waals surface area (Å²) in [4.78, 5) is 37.8. The molecule has 37 heavy (non-hydrogen) atoms. The van der Waals surface area contributed by atoms with Gasteiger partial charge in [-0.1, -0.05) is 17.7 Å². The summed E-state index contributed by atoms with van der Waals surface area (Å²) in [6.45, 7) is 5.89. The Hall–Kier alpha value is -3.96. The van der Waals surface area contributed by atoms with Gasteiger partial charge in [-0.2, -0.15) is 0 Å². The lowest BCUT2D eigenvalue weighted by Gasteiger charge is -2.17. The van der Waals surface area contributed by atoms with Gasteiger partial charge in [0.25, 0.3) is 11.1 Å². The van der Waals surface area contributed by atoms with Gasteiger partial charge in [-0.3, -0.25) is 23.7 Å². The summed E-state index contributed by atoms with van der Waals surface area (Å²) in [6.07, 6.45) is 9.22. The van der Waals surface area contributed by atoms with E-state index in [0.29, 0.717) is 11.8 Å². The monoisotopic (exact) mass is 531 g/mol. The Labute approximate surface area is 215 Å². The Morgan fingerprint density at radius 2 is 1.97 bits per heavy atom. The third kappa shape index (κ3) is 6.43. The van der Waals surface area contributed by atoms with E-state index in [0.717, 1.165) is 10.8 Å². The van der Waals surface area contributed by atoms with Crippen molar-refractivity contribution in [3.8, 4) is 5.75 Å². The molecule has 9 nitrogen and oxygen atoms in total. The van der Waals surface area contributed by atoms with Crippen LogP contribution in [0.4, 0.5) is 8.78 Å². The predicted octanol–water partition coefficient (Wildman–Crippen LogP) is 3.80. The van der Waals surface area contributed by atoms with Gasteiger partial charge in [-0.05, 0) is 33.8 Å². The van der Waals surface area contributed by atoms with Gasteiger partial charge in [-0.25, -0.2) is 18.8 Å². The molecule has 12 heteroatoms. The second kappa shape index (κ2) is 11.4. The first kappa shape index (κ1) is 27.6. The van der Waals surface area contributed by atoms with Gasteiger partial charge in [0.05, 0.1) is 17.4 Å². The number of halogens is 3. The molecule has 0 aromatic carbocycles. The van der Waals surface area contributed by atoms with E-state index in [4.69, 9.17) is 16.3 Å². The van der Waals surface area contributed by atoms with Gasteiger partial charge in [0, 0.05) is 36.4 Å². The van der Waals surface area contributed by atoms with Gasteiger partial charge in [0.15, 0.2) is 5.82 Å². The average molecular weight is 532 g/mol. The Morgan fingerprint density at radius 1 is 1.24 bits per heavy atom. The summed E-state index contributed by atoms with van der Waals surface area (Å²) in [7, 11) is 0. The number of hydrogen-bond acceptors (Lipinski definition) is 7. The smallest absolute Gasteiger partial charge is 0.277 e. The topological polar surface area (TPSA) is 112 Å². The normalized spacial score (nSPS) is 12.6. The van der Waals surface area contributed by atoms with Crippen molar-refractivity contribution in [2.75, 3.05) is 0 Å². The number of hydrogen-bond donors (Lipinski definition) is 1. The lowest BCUT2D eigenvalue weighted by atomic mass is 10.0. The van der Waals surface area contributed by atoms with Crippen LogP contribution < -0.4 is 15.9 Å². The van der Waals surface area contributed by atoms with E-state index in [1.54, 1.807) is 19.9 Å². The minimum atomic E-state index is -1.44. The Morgan fingerprint density at radius 3 is 2.62 bits per heavy atom. The number of rotatable bonds is 7. The summed E-state index contributed by atoms with van der Waals surface area (Å²) in [5.74, 6) is -1.62. The van der Waals surface area contributed by atoms with Crippen molar-refractivity contribution in [1.29, 1.82) is 0 Å². The number of aromatic nitrogens is 4. The molecular weight excluding hydrogens is 508 g/mol. The van der Waals surface area contributed by atoms with E-state index in [9.17, 15) is 23.5 Å². The fourth-order valence-corrected chi connectivity index (χ4v) is 3.35. The van der Waals surface area contributed by atoms with Crippen LogP contribution in [0.2, 0.25) is 5.02 Å². The van der Waals surface area contributed by atoms with E-state index in [2.05, 4.69) is 15.0 Å². The van der Waals surface area contributed by atoms with Crippen LogP contribution in [0.15, 0.2) is 63.8 Å². The van der Waals surface area contributed by atoms with Crippen LogP contribution in [-0.4, -0.2) is 30.0 Å². The highest BCUT2D eigenvalue weighted by molar-refractivity contribution is 6.31. The van der Waals surface area contributed by atoms with Crippen molar-refractivity contribution in [1.82, 2.24) is 19.1 Å². The quantitative estimate of drug-likeness (QED) is 0.367. The maximum atomic E-state index is 13.9. The predicted molar refractivity (Wildman–Crippen MR) is 136 cm³/mol. The molecule has 0 radical (unpaired) electrons. The van der Waals surface area contributed by atoms with E-state index in [1.807, 2.05) is 0 Å². The summed E-state index contributed by atoms with van der Waals surface area (Å²) in [6, 6.07) is 2.13. The third-order valence-electron chi connectivity index (χ3n) is 5.06. The molecular formula is C25H24ClF2N5O4. The zero-order valence-corrected chi connectivity index (χ0v) is 21.2. The van der Waals surface area contributed by atoms with Crippen molar-refractivity contribution in [2.24, 2.45) is 4.99 Å². The fraction of sp³-hybridized carbons (Fsp3) is 0.240. The van der Waals surface area contributed by atoms with Gasteiger partial charge in [0.1, 0.15) is 41.1 Å². The average Bonchev–Trinajstić information content (AvgIpc) is 2.83. The van der Waals surface area contributed by atoms with Gasteiger partial charge in [0.2, 0.25) is 0 Å². The second-order valence-corrected chi connectivity index (χ2v) is 8.71. The molecule has 194 valence electrons. The first-order valence-electron chi connectivity index (χ1n) is 11.0. The van der Waals surface area contributed by atoms with Crippen LogP contribution >= 0.6 is 11.6 Å². The maximum absolute atomic E-state index is 13.9. The van der Waals surface area contributed by atoms with Crippen molar-refractivity contribution < 1.29 is 18.6 Å². The van der Waals surface area contributed by atoms with Gasteiger partial charge >= 0.3 is 0 Å². The van der Waals surface area contributed by atoms with E-state index < -0.39 is 28.4 Å². The number of allylic oxidation sites excluding steroid dienone is 2. The second-order valence-electron chi connectivity index (χ2n) is 8.34. The minimum Gasteiger partial charge on any atom is -0.485 e. The highest BCUT2D eigenvalue weighted by atomic mass is 35.5. The van der Waals surface area contributed by atoms with Crippen LogP contribution in [0.25, 0.3) is 6.20 Å². The molecule has 0 bridgehead atoms. The maximum Gasteiger partial charge on any atom is 0.277 e. The zero-order valence-electron chi connectivity index (χ0n) is 20.4. The molecule has 0 spiro atoms. The lowest BCUT2D eigenvalue weighted by molar-refractivity contribution is 0.0764. The summed E-state index contributed by atoms with van der Waals surface area (Å²) >= 11 is 6.21. The lowest BCUT2D eigenvalue weighted by Crippen LogP contribution is -2.35. The molecule has 3 aromatic rings. The highest BCUT2D eigenvalue weighted by Gasteiger charge is 2.22. The molecule has 0 aliphatic heterocycles. The van der Waals surface area contributed by atoms with E-state index >= 15 is 0 Å². The van der Waals surface area contributed by atoms with Crippen molar-refractivity contribution in [3.63, 3.8) is 0 Å². The summed E-state index contributed by atoms with van der Waals surface area (Å²) < 4.78 is 34.7. The van der Waals surface area contributed by atoms with E-state index in [-0.39, 0.29) is 34.5 Å². The molecule has 3 aromatic heterocycles. The van der Waals surface area contributed by atoms with Crippen LogP contribution in [-0.2, 0) is 12.2 Å². The van der Waals surface area contributed by atoms with Gasteiger partial charge < -0.3 is 9.84 Å². The molecule has 0 atom stereocenters. The molecule has 0 amide bonds. The van der Waals surface area contributed by atoms with Crippen LogP contribution in [0, 0.1) is 18.6 Å². The summed E-state index contributed by atoms with van der Waals surface area (Å²) in [5.41, 5.74) is -2.33. The SMILES string of the molecule is C/C=C/N=C(/C=C/n1c(C)cc(OCc2ncc(F)cc2F)c(Cl)c1=O)n1cncc(C(C)(C)O)c1=O. The molecule has 0 saturated carbocycles. The third-order valence-corrected chi connectivity index (χ3v) is 5.41. The van der Waals surface area contributed by atoms with Crippen molar-refractivity contribution >= 4 is 23.6 Å². The van der Waals surface area contributed by atoms with Crippen molar-refractivity contribution in [2.45, 2.75) is 39.9 Å². The number of aliphatic imine (C=N–C) groups is 1. The van der Waals surface area contributed by atoms with Crippen LogP contribution in [0.5, 0.6) is 5.75 Å². The largest absolute Gasteiger partial charge is 0.485 e. The van der Waals surface area contributed by atoms with Crippen LogP contribution in [0.3, 0.4) is 0 Å². The number of aliphatic hydroxyl groups is 1. The molecule has 0 saturated heterocycles. The number of aryl methyl sites for hydroxylation is 1. The Bertz CT molecular complexity index is 1520. The number of pyridine rings is 2. The van der Waals surface area contributed by atoms with E-state index in [1.165, 1.54) is 55.5 Å². The zero-order chi connectivity index (χ0) is 27.3. The number of nitrogens with zero attached hydrogens (tertiary/aromatic N) is 5. The van der Waals surface area contributed by atoms with Crippen molar-refractivity contribution in [3.05, 3.63) is 104 Å². The summed E-state index contributed by atoms with van der Waals surface area (Å²) in [5, 5.41) is 10.0. The highest BCUT2D eigenvalue weighted by Crippen LogP contribution is 2.23. The molecule has 0 aliphatic carbocycles.